The zero-order valence-corrected chi connectivity index (χ0v) is 12.1. The molecule has 0 saturated heterocycles. The Kier molecular flexibility index (Phi) is 3.63. The van der Waals surface area contributed by atoms with Crippen LogP contribution < -0.4 is 5.32 Å². The molecule has 7 heteroatoms. The fraction of sp³-hybridized carbons (Fsp3) is 0.308. The van der Waals surface area contributed by atoms with Crippen LogP contribution >= 0.6 is 23.2 Å². The molecule has 0 fully saturated rings. The molecule has 1 aromatic carbocycles. The number of fused-ring (bicyclic) bond motifs is 1. The topological polar surface area (TPSA) is 59.8 Å². The van der Waals surface area contributed by atoms with E-state index in [0.29, 0.717) is 22.2 Å². The number of aromatic nitrogens is 3. The van der Waals surface area contributed by atoms with Crippen molar-refractivity contribution in [3.63, 3.8) is 0 Å². The van der Waals surface area contributed by atoms with Gasteiger partial charge in [0.2, 0.25) is 0 Å². The standard InChI is InChI=1S/C13H12Cl2N4O/c14-8-3-4-9(10(15)6-8)13(20)16-7-12-18-17-11-2-1-5-19(11)12/h3-4,6H,1-2,5,7H2,(H,16,20). The SMILES string of the molecule is O=C(NCc1nnc2n1CCC2)c1ccc(Cl)cc1Cl. The first kappa shape index (κ1) is 13.4. The van der Waals surface area contributed by atoms with Gasteiger partial charge in [0.05, 0.1) is 17.1 Å². The van der Waals surface area contributed by atoms with Crippen LogP contribution in [0.2, 0.25) is 10.0 Å². The molecule has 0 atom stereocenters. The first-order chi connectivity index (χ1) is 9.65. The summed E-state index contributed by atoms with van der Waals surface area (Å²) in [5.41, 5.74) is 0.400. The predicted octanol–water partition coefficient (Wildman–Crippen LogP) is 2.46. The number of amides is 1. The zero-order chi connectivity index (χ0) is 14.1. The summed E-state index contributed by atoms with van der Waals surface area (Å²) in [6, 6.07) is 4.79. The number of carbonyl (C=O) groups is 1. The predicted molar refractivity (Wildman–Crippen MR) is 76.0 cm³/mol. The number of nitrogens with one attached hydrogen (secondary N) is 1. The fourth-order valence-corrected chi connectivity index (χ4v) is 2.76. The van der Waals surface area contributed by atoms with Crippen molar-refractivity contribution in [2.24, 2.45) is 0 Å². The Bertz CT molecular complexity index is 668. The van der Waals surface area contributed by atoms with Crippen molar-refractivity contribution in [2.45, 2.75) is 25.9 Å². The lowest BCUT2D eigenvalue weighted by molar-refractivity contribution is 0.0949. The third-order valence-corrected chi connectivity index (χ3v) is 3.82. The maximum Gasteiger partial charge on any atom is 0.253 e. The van der Waals surface area contributed by atoms with Crippen LogP contribution in [0.15, 0.2) is 18.2 Å². The monoisotopic (exact) mass is 310 g/mol. The van der Waals surface area contributed by atoms with E-state index in [1.165, 1.54) is 0 Å². The molecule has 1 aromatic heterocycles. The molecule has 0 aliphatic carbocycles. The number of carbonyl (C=O) groups excluding carboxylic acids is 1. The molecular formula is C13H12Cl2N4O. The van der Waals surface area contributed by atoms with Gasteiger partial charge in [0, 0.05) is 18.0 Å². The molecule has 1 aliphatic heterocycles. The maximum atomic E-state index is 12.1. The minimum absolute atomic E-state index is 0.248. The van der Waals surface area contributed by atoms with Crippen LogP contribution in [-0.2, 0) is 19.5 Å². The van der Waals surface area contributed by atoms with E-state index >= 15 is 0 Å². The van der Waals surface area contributed by atoms with Crippen LogP contribution in [0.25, 0.3) is 0 Å². The highest BCUT2D eigenvalue weighted by Crippen LogP contribution is 2.21. The van der Waals surface area contributed by atoms with Gasteiger partial charge in [0.1, 0.15) is 5.82 Å². The highest BCUT2D eigenvalue weighted by Gasteiger charge is 2.18. The Morgan fingerprint density at radius 1 is 1.35 bits per heavy atom. The number of benzene rings is 1. The number of halogens is 2. The smallest absolute Gasteiger partial charge is 0.253 e. The van der Waals surface area contributed by atoms with E-state index in [4.69, 9.17) is 23.2 Å². The van der Waals surface area contributed by atoms with Crippen LogP contribution in [-0.4, -0.2) is 20.7 Å². The second kappa shape index (κ2) is 5.42. The van der Waals surface area contributed by atoms with Crippen LogP contribution in [0.4, 0.5) is 0 Å². The summed E-state index contributed by atoms with van der Waals surface area (Å²) < 4.78 is 2.05. The second-order valence-electron chi connectivity index (χ2n) is 4.59. The summed E-state index contributed by atoms with van der Waals surface area (Å²) in [6.07, 6.45) is 2.03. The number of nitrogens with zero attached hydrogens (tertiary/aromatic N) is 3. The van der Waals surface area contributed by atoms with E-state index < -0.39 is 0 Å². The molecule has 0 radical (unpaired) electrons. The number of rotatable bonds is 3. The lowest BCUT2D eigenvalue weighted by Gasteiger charge is -2.07. The summed E-state index contributed by atoms with van der Waals surface area (Å²) in [5, 5.41) is 11.8. The third kappa shape index (κ3) is 2.51. The Hall–Kier alpha value is -1.59. The average Bonchev–Trinajstić information content (AvgIpc) is 2.99. The van der Waals surface area contributed by atoms with Gasteiger partial charge in [-0.15, -0.1) is 10.2 Å². The quantitative estimate of drug-likeness (QED) is 0.947. The van der Waals surface area contributed by atoms with Gasteiger partial charge < -0.3 is 9.88 Å². The summed E-state index contributed by atoms with van der Waals surface area (Å²) >= 11 is 11.8. The van der Waals surface area contributed by atoms with Gasteiger partial charge in [-0.25, -0.2) is 0 Å². The lowest BCUT2D eigenvalue weighted by atomic mass is 10.2. The first-order valence-corrected chi connectivity index (χ1v) is 7.05. The third-order valence-electron chi connectivity index (χ3n) is 3.27. The second-order valence-corrected chi connectivity index (χ2v) is 5.44. The molecular weight excluding hydrogens is 299 g/mol. The fourth-order valence-electron chi connectivity index (χ4n) is 2.27. The molecule has 20 heavy (non-hydrogen) atoms. The van der Waals surface area contributed by atoms with Gasteiger partial charge in [-0.05, 0) is 24.6 Å². The maximum absolute atomic E-state index is 12.1. The van der Waals surface area contributed by atoms with Gasteiger partial charge >= 0.3 is 0 Å². The molecule has 2 aromatic rings. The van der Waals surface area contributed by atoms with E-state index in [1.54, 1.807) is 18.2 Å². The minimum atomic E-state index is -0.248. The normalized spacial score (nSPS) is 13.3. The number of hydrogen-bond donors (Lipinski definition) is 1. The summed E-state index contributed by atoms with van der Waals surface area (Å²) in [6.45, 7) is 1.25. The molecule has 5 nitrogen and oxygen atoms in total. The van der Waals surface area contributed by atoms with Gasteiger partial charge in [0.25, 0.3) is 5.91 Å². The molecule has 0 saturated carbocycles. The molecule has 3 rings (SSSR count). The van der Waals surface area contributed by atoms with Crippen molar-refractivity contribution < 1.29 is 4.79 Å². The number of hydrogen-bond acceptors (Lipinski definition) is 3. The Morgan fingerprint density at radius 2 is 2.20 bits per heavy atom. The lowest BCUT2D eigenvalue weighted by Crippen LogP contribution is -2.25. The molecule has 2 heterocycles. The molecule has 1 amide bonds. The van der Waals surface area contributed by atoms with E-state index in [1.807, 2.05) is 4.57 Å². The Labute approximate surface area is 125 Å². The summed E-state index contributed by atoms with van der Waals surface area (Å²) in [5.74, 6) is 1.51. The Morgan fingerprint density at radius 3 is 3.00 bits per heavy atom. The average molecular weight is 311 g/mol. The first-order valence-electron chi connectivity index (χ1n) is 6.29. The molecule has 0 bridgehead atoms. The van der Waals surface area contributed by atoms with Crippen molar-refractivity contribution >= 4 is 29.1 Å². The zero-order valence-electron chi connectivity index (χ0n) is 10.6. The molecule has 104 valence electrons. The van der Waals surface area contributed by atoms with Crippen molar-refractivity contribution in [2.75, 3.05) is 0 Å². The highest BCUT2D eigenvalue weighted by molar-refractivity contribution is 6.36. The summed E-state index contributed by atoms with van der Waals surface area (Å²) in [4.78, 5) is 12.1. The van der Waals surface area contributed by atoms with Crippen LogP contribution in [0, 0.1) is 0 Å². The molecule has 0 unspecified atom stereocenters. The van der Waals surface area contributed by atoms with E-state index in [2.05, 4.69) is 15.5 Å². The minimum Gasteiger partial charge on any atom is -0.345 e. The Balaban J connectivity index is 1.70. The van der Waals surface area contributed by atoms with E-state index in [-0.39, 0.29) is 5.91 Å². The van der Waals surface area contributed by atoms with Gasteiger partial charge in [-0.2, -0.15) is 0 Å². The molecule has 1 N–H and O–H groups in total. The van der Waals surface area contributed by atoms with Crippen molar-refractivity contribution in [3.05, 3.63) is 45.5 Å². The van der Waals surface area contributed by atoms with Crippen LogP contribution in [0.3, 0.4) is 0 Å². The van der Waals surface area contributed by atoms with Crippen LogP contribution in [0.1, 0.15) is 28.4 Å². The van der Waals surface area contributed by atoms with Gasteiger partial charge in [-0.3, -0.25) is 4.79 Å². The molecule has 0 spiro atoms. The van der Waals surface area contributed by atoms with Crippen molar-refractivity contribution in [1.82, 2.24) is 20.1 Å². The van der Waals surface area contributed by atoms with Crippen molar-refractivity contribution in [1.29, 1.82) is 0 Å². The van der Waals surface area contributed by atoms with Gasteiger partial charge in [0.15, 0.2) is 5.82 Å². The van der Waals surface area contributed by atoms with E-state index in [9.17, 15) is 4.79 Å². The van der Waals surface area contributed by atoms with Crippen LogP contribution in [0.5, 0.6) is 0 Å². The molecule has 1 aliphatic rings. The highest BCUT2D eigenvalue weighted by atomic mass is 35.5. The van der Waals surface area contributed by atoms with E-state index in [0.717, 1.165) is 31.0 Å². The summed E-state index contributed by atoms with van der Waals surface area (Å²) in [7, 11) is 0. The largest absolute Gasteiger partial charge is 0.345 e. The number of aryl methyl sites for hydroxylation is 1. The van der Waals surface area contributed by atoms with Gasteiger partial charge in [-0.1, -0.05) is 23.2 Å². The van der Waals surface area contributed by atoms with Crippen molar-refractivity contribution in [3.8, 4) is 0 Å².